The van der Waals surface area contributed by atoms with Crippen molar-refractivity contribution in [3.8, 4) is 11.3 Å². The zero-order chi connectivity index (χ0) is 17.6. The summed E-state index contributed by atoms with van der Waals surface area (Å²) in [5.74, 6) is 0.235. The first-order valence-corrected chi connectivity index (χ1v) is 8.86. The summed E-state index contributed by atoms with van der Waals surface area (Å²) in [6.45, 7) is 4.67. The van der Waals surface area contributed by atoms with Gasteiger partial charge in [0.25, 0.3) is 0 Å². The normalized spacial score (nSPS) is 16.4. The second-order valence-corrected chi connectivity index (χ2v) is 7.08. The summed E-state index contributed by atoms with van der Waals surface area (Å²) in [5, 5.41) is 0.686. The Morgan fingerprint density at radius 1 is 1.16 bits per heavy atom. The third-order valence-corrected chi connectivity index (χ3v) is 5.13. The number of rotatable bonds is 1. The Morgan fingerprint density at radius 3 is 2.64 bits per heavy atom. The van der Waals surface area contributed by atoms with Crippen molar-refractivity contribution >= 4 is 23.6 Å². The molecule has 0 unspecified atom stereocenters. The van der Waals surface area contributed by atoms with E-state index in [1.165, 1.54) is 0 Å². The van der Waals surface area contributed by atoms with Crippen LogP contribution in [0.15, 0.2) is 18.2 Å². The fourth-order valence-corrected chi connectivity index (χ4v) is 3.86. The number of aromatic nitrogens is 2. The standard InChI is InChI=1S/C18H20ClN5O/c1-11-8-12(19)4-5-13(11)16-14-9-24(10-15(14)21-17(20)22-16)18(25)23-6-2-3-7-23/h4-5,8H,2-3,6-7,9-10H2,1H3,(H2,20,21,22). The number of nitrogen functional groups attached to an aromatic ring is 1. The van der Waals surface area contributed by atoms with E-state index >= 15 is 0 Å². The largest absolute Gasteiger partial charge is 0.368 e. The molecular weight excluding hydrogens is 338 g/mol. The van der Waals surface area contributed by atoms with Gasteiger partial charge in [0, 0.05) is 29.2 Å². The van der Waals surface area contributed by atoms with Gasteiger partial charge in [-0.2, -0.15) is 0 Å². The predicted octanol–water partition coefficient (Wildman–Crippen LogP) is 3.22. The van der Waals surface area contributed by atoms with Gasteiger partial charge in [0.1, 0.15) is 0 Å². The van der Waals surface area contributed by atoms with Crippen LogP contribution in [-0.4, -0.2) is 38.9 Å². The van der Waals surface area contributed by atoms with E-state index in [9.17, 15) is 4.79 Å². The number of benzene rings is 1. The molecular formula is C18H20ClN5O. The minimum atomic E-state index is 0.0767. The molecule has 1 saturated heterocycles. The summed E-state index contributed by atoms with van der Waals surface area (Å²) < 4.78 is 0. The number of carbonyl (C=O) groups excluding carboxylic acids is 1. The molecule has 0 atom stereocenters. The number of halogens is 1. The van der Waals surface area contributed by atoms with Crippen LogP contribution in [0, 0.1) is 6.92 Å². The minimum Gasteiger partial charge on any atom is -0.368 e. The van der Waals surface area contributed by atoms with Crippen molar-refractivity contribution in [1.82, 2.24) is 19.8 Å². The summed E-state index contributed by atoms with van der Waals surface area (Å²) in [6, 6.07) is 5.78. The number of likely N-dealkylation sites (tertiary alicyclic amines) is 1. The molecule has 6 nitrogen and oxygen atoms in total. The van der Waals surface area contributed by atoms with E-state index < -0.39 is 0 Å². The lowest BCUT2D eigenvalue weighted by Gasteiger charge is -2.23. The topological polar surface area (TPSA) is 75.3 Å². The summed E-state index contributed by atoms with van der Waals surface area (Å²) in [7, 11) is 0. The summed E-state index contributed by atoms with van der Waals surface area (Å²) in [5.41, 5.74) is 10.5. The first-order valence-electron chi connectivity index (χ1n) is 8.48. The van der Waals surface area contributed by atoms with Gasteiger partial charge in [0.2, 0.25) is 5.95 Å². The number of carbonyl (C=O) groups is 1. The van der Waals surface area contributed by atoms with Gasteiger partial charge in [0.05, 0.1) is 24.5 Å². The predicted molar refractivity (Wildman–Crippen MR) is 97.1 cm³/mol. The Kier molecular flexibility index (Phi) is 4.00. The van der Waals surface area contributed by atoms with Crippen LogP contribution in [0.25, 0.3) is 11.3 Å². The van der Waals surface area contributed by atoms with Crippen molar-refractivity contribution in [2.45, 2.75) is 32.9 Å². The first-order chi connectivity index (χ1) is 12.0. The SMILES string of the molecule is Cc1cc(Cl)ccc1-c1nc(N)nc2c1CN(C(=O)N1CCCC1)C2. The lowest BCUT2D eigenvalue weighted by Crippen LogP contribution is -2.38. The van der Waals surface area contributed by atoms with Gasteiger partial charge in [0.15, 0.2) is 0 Å². The first kappa shape index (κ1) is 16.1. The number of hydrogen-bond acceptors (Lipinski definition) is 4. The highest BCUT2D eigenvalue weighted by Gasteiger charge is 2.32. The van der Waals surface area contributed by atoms with Crippen LogP contribution < -0.4 is 5.73 Å². The quantitative estimate of drug-likeness (QED) is 0.850. The van der Waals surface area contributed by atoms with Gasteiger partial charge < -0.3 is 15.5 Å². The molecule has 0 spiro atoms. The van der Waals surface area contributed by atoms with E-state index in [-0.39, 0.29) is 12.0 Å². The Labute approximate surface area is 151 Å². The molecule has 4 rings (SSSR count). The molecule has 2 aliphatic rings. The Bertz CT molecular complexity index is 848. The maximum absolute atomic E-state index is 12.7. The maximum Gasteiger partial charge on any atom is 0.320 e. The molecule has 2 amide bonds. The highest BCUT2D eigenvalue weighted by molar-refractivity contribution is 6.30. The number of hydrogen-bond donors (Lipinski definition) is 1. The second-order valence-electron chi connectivity index (χ2n) is 6.65. The van der Waals surface area contributed by atoms with E-state index in [1.807, 2.05) is 34.9 Å². The monoisotopic (exact) mass is 357 g/mol. The molecule has 130 valence electrons. The molecule has 3 heterocycles. The fourth-order valence-electron chi connectivity index (χ4n) is 3.63. The van der Waals surface area contributed by atoms with Crippen molar-refractivity contribution < 1.29 is 4.79 Å². The Morgan fingerprint density at radius 2 is 1.92 bits per heavy atom. The lowest BCUT2D eigenvalue weighted by molar-refractivity contribution is 0.162. The van der Waals surface area contributed by atoms with Crippen molar-refractivity contribution in [3.05, 3.63) is 40.0 Å². The number of aryl methyl sites for hydroxylation is 1. The Hall–Kier alpha value is -2.34. The zero-order valence-corrected chi connectivity index (χ0v) is 14.9. The van der Waals surface area contributed by atoms with E-state index in [0.29, 0.717) is 18.1 Å². The number of urea groups is 1. The van der Waals surface area contributed by atoms with E-state index in [0.717, 1.165) is 54.0 Å². The molecule has 25 heavy (non-hydrogen) atoms. The number of fused-ring (bicyclic) bond motifs is 1. The van der Waals surface area contributed by atoms with Crippen LogP contribution in [0.2, 0.25) is 5.02 Å². The minimum absolute atomic E-state index is 0.0767. The van der Waals surface area contributed by atoms with Crippen LogP contribution in [-0.2, 0) is 13.1 Å². The molecule has 1 fully saturated rings. The molecule has 0 bridgehead atoms. The highest BCUT2D eigenvalue weighted by Crippen LogP contribution is 2.34. The number of nitrogens with zero attached hydrogens (tertiary/aromatic N) is 4. The molecule has 1 aromatic heterocycles. The molecule has 2 aliphatic heterocycles. The summed E-state index contributed by atoms with van der Waals surface area (Å²) >= 11 is 6.07. The van der Waals surface area contributed by atoms with Gasteiger partial charge in [-0.25, -0.2) is 14.8 Å². The zero-order valence-electron chi connectivity index (χ0n) is 14.1. The lowest BCUT2D eigenvalue weighted by atomic mass is 10.0. The van der Waals surface area contributed by atoms with E-state index in [1.54, 1.807) is 0 Å². The van der Waals surface area contributed by atoms with E-state index in [4.69, 9.17) is 17.3 Å². The smallest absolute Gasteiger partial charge is 0.320 e. The molecule has 0 radical (unpaired) electrons. The third kappa shape index (κ3) is 2.91. The molecule has 1 aromatic carbocycles. The molecule has 7 heteroatoms. The van der Waals surface area contributed by atoms with Crippen LogP contribution in [0.5, 0.6) is 0 Å². The number of nitrogens with two attached hydrogens (primary N) is 1. The molecule has 2 N–H and O–H groups in total. The van der Waals surface area contributed by atoms with E-state index in [2.05, 4.69) is 9.97 Å². The van der Waals surface area contributed by atoms with Gasteiger partial charge in [-0.1, -0.05) is 17.7 Å². The molecule has 0 saturated carbocycles. The van der Waals surface area contributed by atoms with Crippen LogP contribution >= 0.6 is 11.6 Å². The number of amides is 2. The molecule has 2 aromatic rings. The highest BCUT2D eigenvalue weighted by atomic mass is 35.5. The fraction of sp³-hybridized carbons (Fsp3) is 0.389. The van der Waals surface area contributed by atoms with Crippen LogP contribution in [0.4, 0.5) is 10.7 Å². The van der Waals surface area contributed by atoms with Gasteiger partial charge in [-0.15, -0.1) is 0 Å². The number of anilines is 1. The van der Waals surface area contributed by atoms with Crippen molar-refractivity contribution in [1.29, 1.82) is 0 Å². The van der Waals surface area contributed by atoms with Gasteiger partial charge in [-0.3, -0.25) is 0 Å². The second kappa shape index (κ2) is 6.19. The van der Waals surface area contributed by atoms with Crippen molar-refractivity contribution in [2.75, 3.05) is 18.8 Å². The van der Waals surface area contributed by atoms with Crippen LogP contribution in [0.3, 0.4) is 0 Å². The summed E-state index contributed by atoms with van der Waals surface area (Å²) in [4.78, 5) is 25.3. The average Bonchev–Trinajstić information content (AvgIpc) is 3.23. The van der Waals surface area contributed by atoms with Gasteiger partial charge >= 0.3 is 6.03 Å². The summed E-state index contributed by atoms with van der Waals surface area (Å²) in [6.07, 6.45) is 2.16. The van der Waals surface area contributed by atoms with Crippen molar-refractivity contribution in [2.24, 2.45) is 0 Å². The van der Waals surface area contributed by atoms with Gasteiger partial charge in [-0.05, 0) is 37.5 Å². The average molecular weight is 358 g/mol. The van der Waals surface area contributed by atoms with Crippen molar-refractivity contribution in [3.63, 3.8) is 0 Å². The molecule has 0 aliphatic carbocycles. The third-order valence-electron chi connectivity index (χ3n) is 4.89. The Balaban J connectivity index is 1.70. The van der Waals surface area contributed by atoms with Crippen LogP contribution in [0.1, 0.15) is 29.7 Å². The maximum atomic E-state index is 12.7.